The van der Waals surface area contributed by atoms with Gasteiger partial charge in [-0.15, -0.1) is 0 Å². The summed E-state index contributed by atoms with van der Waals surface area (Å²) >= 11 is 0. The number of H-pyrrole nitrogens is 1. The SMILES string of the molecule is COc1ccc(N(CCCN)C(=O)c2cn[nH]n2)cc1. The van der Waals surface area contributed by atoms with Gasteiger partial charge in [0.25, 0.3) is 5.91 Å². The minimum atomic E-state index is -0.211. The summed E-state index contributed by atoms with van der Waals surface area (Å²) in [4.78, 5) is 14.0. The molecule has 2 rings (SSSR count). The van der Waals surface area contributed by atoms with Gasteiger partial charge in [-0.1, -0.05) is 0 Å². The Hall–Kier alpha value is -2.41. The summed E-state index contributed by atoms with van der Waals surface area (Å²) in [5.41, 5.74) is 6.57. The Morgan fingerprint density at radius 1 is 1.40 bits per heavy atom. The maximum absolute atomic E-state index is 12.4. The summed E-state index contributed by atoms with van der Waals surface area (Å²) in [5.74, 6) is 0.527. The third-order valence-corrected chi connectivity index (χ3v) is 2.85. The minimum absolute atomic E-state index is 0.211. The average Bonchev–Trinajstić information content (AvgIpc) is 3.02. The second-order valence-electron chi connectivity index (χ2n) is 4.15. The Balaban J connectivity index is 2.23. The number of benzene rings is 1. The van der Waals surface area contributed by atoms with Gasteiger partial charge in [0.2, 0.25) is 0 Å². The lowest BCUT2D eigenvalue weighted by molar-refractivity contribution is 0.0982. The Labute approximate surface area is 116 Å². The third-order valence-electron chi connectivity index (χ3n) is 2.85. The number of carbonyl (C=O) groups is 1. The number of nitrogens with two attached hydrogens (primary N) is 1. The molecule has 0 radical (unpaired) electrons. The largest absolute Gasteiger partial charge is 0.497 e. The molecule has 20 heavy (non-hydrogen) atoms. The summed E-state index contributed by atoms with van der Waals surface area (Å²) in [6.07, 6.45) is 2.11. The van der Waals surface area contributed by atoms with E-state index in [1.807, 2.05) is 12.1 Å². The topological polar surface area (TPSA) is 97.1 Å². The van der Waals surface area contributed by atoms with E-state index in [1.54, 1.807) is 24.1 Å². The molecule has 2 aromatic rings. The first-order valence-electron chi connectivity index (χ1n) is 6.28. The van der Waals surface area contributed by atoms with E-state index >= 15 is 0 Å². The number of ether oxygens (including phenoxy) is 1. The Morgan fingerprint density at radius 3 is 2.70 bits per heavy atom. The van der Waals surface area contributed by atoms with Crippen LogP contribution in [-0.4, -0.2) is 41.5 Å². The van der Waals surface area contributed by atoms with Gasteiger partial charge < -0.3 is 15.4 Å². The lowest BCUT2D eigenvalue weighted by Gasteiger charge is -2.21. The molecular formula is C13H17N5O2. The standard InChI is InChI=1S/C13H17N5O2/c1-20-11-5-3-10(4-6-11)18(8-2-7-14)13(19)12-9-15-17-16-12/h3-6,9H,2,7-8,14H2,1H3,(H,15,16,17). The number of methoxy groups -OCH3 is 1. The highest BCUT2D eigenvalue weighted by Crippen LogP contribution is 2.20. The summed E-state index contributed by atoms with van der Waals surface area (Å²) in [6, 6.07) is 7.27. The van der Waals surface area contributed by atoms with Crippen LogP contribution in [0.3, 0.4) is 0 Å². The quantitative estimate of drug-likeness (QED) is 0.813. The van der Waals surface area contributed by atoms with Crippen molar-refractivity contribution in [2.24, 2.45) is 5.73 Å². The second-order valence-corrected chi connectivity index (χ2v) is 4.15. The molecule has 1 aromatic carbocycles. The molecule has 1 aromatic heterocycles. The zero-order valence-corrected chi connectivity index (χ0v) is 11.2. The third kappa shape index (κ3) is 3.12. The number of aromatic nitrogens is 3. The summed E-state index contributed by atoms with van der Waals surface area (Å²) in [7, 11) is 1.60. The Bertz CT molecular complexity index is 538. The van der Waals surface area contributed by atoms with Crippen LogP contribution in [0.2, 0.25) is 0 Å². The summed E-state index contributed by atoms with van der Waals surface area (Å²) in [5, 5.41) is 9.92. The van der Waals surface area contributed by atoms with E-state index in [9.17, 15) is 4.79 Å². The summed E-state index contributed by atoms with van der Waals surface area (Å²) < 4.78 is 5.11. The number of amides is 1. The van der Waals surface area contributed by atoms with Gasteiger partial charge in [-0.25, -0.2) is 0 Å². The van der Waals surface area contributed by atoms with Gasteiger partial charge in [0.05, 0.1) is 13.3 Å². The fraction of sp³-hybridized carbons (Fsp3) is 0.308. The number of aromatic amines is 1. The number of hydrogen-bond acceptors (Lipinski definition) is 5. The van der Waals surface area contributed by atoms with E-state index in [0.29, 0.717) is 19.5 Å². The fourth-order valence-corrected chi connectivity index (χ4v) is 1.80. The van der Waals surface area contributed by atoms with Gasteiger partial charge in [0.15, 0.2) is 5.69 Å². The molecule has 0 fully saturated rings. The highest BCUT2D eigenvalue weighted by atomic mass is 16.5. The van der Waals surface area contributed by atoms with Crippen LogP contribution in [0, 0.1) is 0 Å². The van der Waals surface area contributed by atoms with Crippen molar-refractivity contribution >= 4 is 11.6 Å². The highest BCUT2D eigenvalue weighted by molar-refractivity contribution is 6.04. The number of carbonyl (C=O) groups excluding carboxylic acids is 1. The molecule has 0 aliphatic heterocycles. The first-order chi connectivity index (χ1) is 9.76. The minimum Gasteiger partial charge on any atom is -0.497 e. The molecule has 7 heteroatoms. The van der Waals surface area contributed by atoms with Crippen molar-refractivity contribution in [1.82, 2.24) is 15.4 Å². The molecule has 0 atom stereocenters. The molecule has 1 amide bonds. The zero-order valence-electron chi connectivity index (χ0n) is 11.2. The molecule has 0 unspecified atom stereocenters. The second kappa shape index (κ2) is 6.67. The van der Waals surface area contributed by atoms with Gasteiger partial charge in [-0.3, -0.25) is 4.79 Å². The zero-order chi connectivity index (χ0) is 14.4. The molecule has 0 spiro atoms. The molecule has 0 aliphatic carbocycles. The highest BCUT2D eigenvalue weighted by Gasteiger charge is 2.19. The van der Waals surface area contributed by atoms with E-state index in [2.05, 4.69) is 15.4 Å². The normalized spacial score (nSPS) is 10.3. The van der Waals surface area contributed by atoms with Crippen LogP contribution in [0.15, 0.2) is 30.5 Å². The number of anilines is 1. The first kappa shape index (κ1) is 14.0. The average molecular weight is 275 g/mol. The van der Waals surface area contributed by atoms with Gasteiger partial charge in [0, 0.05) is 12.2 Å². The van der Waals surface area contributed by atoms with Crippen molar-refractivity contribution in [3.63, 3.8) is 0 Å². The van der Waals surface area contributed by atoms with E-state index in [1.165, 1.54) is 6.20 Å². The summed E-state index contributed by atoms with van der Waals surface area (Å²) in [6.45, 7) is 1.03. The van der Waals surface area contributed by atoms with E-state index in [4.69, 9.17) is 10.5 Å². The van der Waals surface area contributed by atoms with Crippen molar-refractivity contribution in [3.8, 4) is 5.75 Å². The van der Waals surface area contributed by atoms with Gasteiger partial charge in [0.1, 0.15) is 5.75 Å². The lowest BCUT2D eigenvalue weighted by atomic mass is 10.2. The van der Waals surface area contributed by atoms with Crippen LogP contribution < -0.4 is 15.4 Å². The van der Waals surface area contributed by atoms with E-state index in [-0.39, 0.29) is 11.6 Å². The van der Waals surface area contributed by atoms with Crippen LogP contribution in [0.25, 0.3) is 0 Å². The maximum atomic E-state index is 12.4. The Morgan fingerprint density at radius 2 is 2.15 bits per heavy atom. The number of nitrogens with one attached hydrogen (secondary N) is 1. The van der Waals surface area contributed by atoms with Crippen molar-refractivity contribution in [1.29, 1.82) is 0 Å². The van der Waals surface area contributed by atoms with Crippen molar-refractivity contribution in [2.45, 2.75) is 6.42 Å². The monoisotopic (exact) mass is 275 g/mol. The molecule has 0 saturated heterocycles. The van der Waals surface area contributed by atoms with E-state index < -0.39 is 0 Å². The number of nitrogens with zero attached hydrogens (tertiary/aromatic N) is 3. The molecule has 1 heterocycles. The van der Waals surface area contributed by atoms with E-state index in [0.717, 1.165) is 11.4 Å². The lowest BCUT2D eigenvalue weighted by Crippen LogP contribution is -2.33. The van der Waals surface area contributed by atoms with Crippen molar-refractivity contribution in [3.05, 3.63) is 36.2 Å². The predicted molar refractivity (Wildman–Crippen MR) is 74.7 cm³/mol. The van der Waals surface area contributed by atoms with Gasteiger partial charge in [-0.05, 0) is 37.2 Å². The maximum Gasteiger partial charge on any atom is 0.280 e. The Kier molecular flexibility index (Phi) is 4.67. The molecule has 106 valence electrons. The van der Waals surface area contributed by atoms with Crippen molar-refractivity contribution < 1.29 is 9.53 Å². The van der Waals surface area contributed by atoms with Crippen LogP contribution in [0.1, 0.15) is 16.9 Å². The number of hydrogen-bond donors (Lipinski definition) is 2. The molecular weight excluding hydrogens is 258 g/mol. The smallest absolute Gasteiger partial charge is 0.280 e. The predicted octanol–water partition coefficient (Wildman–Crippen LogP) is 0.809. The molecule has 3 N–H and O–H groups in total. The van der Waals surface area contributed by atoms with Gasteiger partial charge in [-0.2, -0.15) is 15.4 Å². The molecule has 0 bridgehead atoms. The fourth-order valence-electron chi connectivity index (χ4n) is 1.80. The van der Waals surface area contributed by atoms with Crippen LogP contribution in [-0.2, 0) is 0 Å². The van der Waals surface area contributed by atoms with Crippen LogP contribution in [0.5, 0.6) is 5.75 Å². The van der Waals surface area contributed by atoms with Crippen LogP contribution in [0.4, 0.5) is 5.69 Å². The number of rotatable bonds is 6. The van der Waals surface area contributed by atoms with Crippen molar-refractivity contribution in [2.75, 3.05) is 25.1 Å². The van der Waals surface area contributed by atoms with Crippen LogP contribution >= 0.6 is 0 Å². The molecule has 0 saturated carbocycles. The molecule has 7 nitrogen and oxygen atoms in total. The van der Waals surface area contributed by atoms with Gasteiger partial charge >= 0.3 is 0 Å². The molecule has 0 aliphatic rings. The first-order valence-corrected chi connectivity index (χ1v) is 6.28.